The van der Waals surface area contributed by atoms with Crippen LogP contribution in [0.15, 0.2) is 24.3 Å². The normalized spacial score (nSPS) is 16.8. The molecule has 1 amide bonds. The van der Waals surface area contributed by atoms with Gasteiger partial charge in [0.2, 0.25) is 0 Å². The van der Waals surface area contributed by atoms with Crippen molar-refractivity contribution in [1.29, 1.82) is 0 Å². The second kappa shape index (κ2) is 10.8. The monoisotopic (exact) mass is 450 g/mol. The Morgan fingerprint density at radius 1 is 1.35 bits per heavy atom. The van der Waals surface area contributed by atoms with E-state index in [-0.39, 0.29) is 31.0 Å². The van der Waals surface area contributed by atoms with Gasteiger partial charge in [0.25, 0.3) is 5.91 Å². The molecule has 7 nitrogen and oxygen atoms in total. The van der Waals surface area contributed by atoms with Crippen molar-refractivity contribution >= 4 is 28.3 Å². The number of ether oxygens (including phenoxy) is 3. The number of aromatic nitrogens is 1. The van der Waals surface area contributed by atoms with Crippen LogP contribution in [0.25, 0.3) is 0 Å². The third kappa shape index (κ3) is 6.09. The zero-order valence-corrected chi connectivity index (χ0v) is 18.7. The van der Waals surface area contributed by atoms with Gasteiger partial charge >= 0.3 is 5.97 Å². The van der Waals surface area contributed by atoms with Gasteiger partial charge in [-0.3, -0.25) is 9.69 Å². The number of nitrogens with zero attached hydrogens (tertiary/aromatic N) is 2. The van der Waals surface area contributed by atoms with Crippen LogP contribution in [0.3, 0.4) is 0 Å². The smallest absolute Gasteiger partial charge is 0.350 e. The highest BCUT2D eigenvalue weighted by Gasteiger charge is 2.29. The molecule has 0 bridgehead atoms. The van der Waals surface area contributed by atoms with Crippen molar-refractivity contribution < 1.29 is 28.2 Å². The highest BCUT2D eigenvalue weighted by atomic mass is 32.1. The Labute approximate surface area is 185 Å². The van der Waals surface area contributed by atoms with E-state index >= 15 is 0 Å². The largest absolute Gasteiger partial charge is 0.462 e. The molecule has 1 aliphatic rings. The molecule has 2 unspecified atom stereocenters. The lowest BCUT2D eigenvalue weighted by Crippen LogP contribution is -2.39. The summed E-state index contributed by atoms with van der Waals surface area (Å²) in [5.41, 5.74) is 1.22. The third-order valence-electron chi connectivity index (χ3n) is 4.90. The number of aryl methyl sites for hydroxylation is 1. The zero-order chi connectivity index (χ0) is 22.4. The number of carbonyl (C=O) groups is 2. The van der Waals surface area contributed by atoms with Gasteiger partial charge in [0, 0.05) is 6.61 Å². The van der Waals surface area contributed by atoms with E-state index in [1.54, 1.807) is 32.9 Å². The summed E-state index contributed by atoms with van der Waals surface area (Å²) in [5.74, 6) is -1.13. The molecule has 3 rings (SSSR count). The van der Waals surface area contributed by atoms with E-state index in [9.17, 15) is 14.0 Å². The molecule has 1 saturated heterocycles. The van der Waals surface area contributed by atoms with Crippen LogP contribution >= 0.6 is 11.3 Å². The average Bonchev–Trinajstić information content (AvgIpc) is 3.41. The Balaban J connectivity index is 1.81. The minimum Gasteiger partial charge on any atom is -0.462 e. The summed E-state index contributed by atoms with van der Waals surface area (Å²) < 4.78 is 29.7. The predicted octanol–water partition coefficient (Wildman–Crippen LogP) is 3.88. The van der Waals surface area contributed by atoms with Gasteiger partial charge in [-0.25, -0.2) is 14.2 Å². The number of rotatable bonds is 9. The quantitative estimate of drug-likeness (QED) is 0.540. The molecule has 9 heteroatoms. The van der Waals surface area contributed by atoms with Crippen LogP contribution < -0.4 is 4.90 Å². The lowest BCUT2D eigenvalue weighted by molar-refractivity contribution is -0.131. The van der Waals surface area contributed by atoms with Crippen LogP contribution in [-0.2, 0) is 25.5 Å². The van der Waals surface area contributed by atoms with Gasteiger partial charge in [-0.15, -0.1) is 0 Å². The van der Waals surface area contributed by atoms with E-state index < -0.39 is 12.1 Å². The molecule has 0 aliphatic carbocycles. The van der Waals surface area contributed by atoms with Crippen molar-refractivity contribution in [3.63, 3.8) is 0 Å². The van der Waals surface area contributed by atoms with E-state index in [4.69, 9.17) is 14.2 Å². The Morgan fingerprint density at radius 3 is 2.74 bits per heavy atom. The number of thiazole rings is 1. The highest BCUT2D eigenvalue weighted by molar-refractivity contribution is 7.17. The van der Waals surface area contributed by atoms with E-state index in [1.807, 2.05) is 0 Å². The molecule has 0 N–H and O–H groups in total. The SMILES string of the molecule is CCOC(=O)c1sc(N(Cc2ccc(F)cc2)C(=O)C(C)OCC2CCCO2)nc1C. The minimum atomic E-state index is -0.736. The van der Waals surface area contributed by atoms with Gasteiger partial charge in [0.05, 0.1) is 31.6 Å². The first-order valence-corrected chi connectivity index (χ1v) is 11.1. The zero-order valence-electron chi connectivity index (χ0n) is 17.9. The van der Waals surface area contributed by atoms with Crippen LogP contribution in [0.1, 0.15) is 47.6 Å². The molecule has 0 spiro atoms. The number of anilines is 1. The van der Waals surface area contributed by atoms with E-state index in [2.05, 4.69) is 4.98 Å². The number of esters is 1. The number of amides is 1. The fraction of sp³-hybridized carbons (Fsp3) is 0.500. The molecule has 1 aromatic heterocycles. The van der Waals surface area contributed by atoms with Crippen LogP contribution in [-0.4, -0.2) is 48.9 Å². The maximum absolute atomic E-state index is 13.3. The summed E-state index contributed by atoms with van der Waals surface area (Å²) in [7, 11) is 0. The lowest BCUT2D eigenvalue weighted by Gasteiger charge is -2.24. The second-order valence-corrected chi connectivity index (χ2v) is 8.27. The standard InChI is InChI=1S/C22H27FN2O5S/c1-4-28-21(27)19-14(2)24-22(31-19)25(12-16-7-9-17(23)10-8-16)20(26)15(3)30-13-18-6-5-11-29-18/h7-10,15,18H,4-6,11-13H2,1-3H3. The van der Waals surface area contributed by atoms with Crippen molar-refractivity contribution in [2.45, 2.75) is 52.4 Å². The van der Waals surface area contributed by atoms with Gasteiger partial charge < -0.3 is 14.2 Å². The molecule has 168 valence electrons. The summed E-state index contributed by atoms with van der Waals surface area (Å²) >= 11 is 1.09. The van der Waals surface area contributed by atoms with Gasteiger partial charge in [0.15, 0.2) is 5.13 Å². The molecule has 31 heavy (non-hydrogen) atoms. The molecule has 0 saturated carbocycles. The molecule has 1 aromatic carbocycles. The van der Waals surface area contributed by atoms with Crippen LogP contribution in [0.5, 0.6) is 0 Å². The van der Waals surface area contributed by atoms with E-state index in [0.29, 0.717) is 28.9 Å². The Bertz CT molecular complexity index is 896. The van der Waals surface area contributed by atoms with Gasteiger partial charge in [-0.05, 0) is 51.3 Å². The summed E-state index contributed by atoms with van der Waals surface area (Å²) in [5, 5.41) is 0.363. The topological polar surface area (TPSA) is 78.0 Å². The molecule has 1 aliphatic heterocycles. The number of hydrogen-bond donors (Lipinski definition) is 0. The molecule has 2 aromatic rings. The van der Waals surface area contributed by atoms with Gasteiger partial charge in [-0.2, -0.15) is 0 Å². The molecular weight excluding hydrogens is 423 g/mol. The minimum absolute atomic E-state index is 0.00155. The Hall–Kier alpha value is -2.36. The van der Waals surface area contributed by atoms with Crippen molar-refractivity contribution in [2.24, 2.45) is 0 Å². The summed E-state index contributed by atoms with van der Waals surface area (Å²) in [6.07, 6.45) is 1.16. The van der Waals surface area contributed by atoms with Crippen LogP contribution in [0.2, 0.25) is 0 Å². The highest BCUT2D eigenvalue weighted by Crippen LogP contribution is 2.29. The van der Waals surface area contributed by atoms with Gasteiger partial charge in [0.1, 0.15) is 16.8 Å². The number of hydrogen-bond acceptors (Lipinski definition) is 7. The van der Waals surface area contributed by atoms with E-state index in [1.165, 1.54) is 17.0 Å². The molecule has 2 heterocycles. The van der Waals surface area contributed by atoms with Crippen LogP contribution in [0.4, 0.5) is 9.52 Å². The maximum atomic E-state index is 13.3. The van der Waals surface area contributed by atoms with Crippen molar-refractivity contribution in [3.05, 3.63) is 46.2 Å². The van der Waals surface area contributed by atoms with Crippen LogP contribution in [0, 0.1) is 12.7 Å². The molecule has 2 atom stereocenters. The summed E-state index contributed by atoms with van der Waals surface area (Å²) in [6, 6.07) is 5.90. The average molecular weight is 451 g/mol. The summed E-state index contributed by atoms with van der Waals surface area (Å²) in [6.45, 7) is 6.57. The first-order valence-electron chi connectivity index (χ1n) is 10.3. The van der Waals surface area contributed by atoms with E-state index in [0.717, 1.165) is 29.7 Å². The van der Waals surface area contributed by atoms with Gasteiger partial charge in [-0.1, -0.05) is 23.5 Å². The first kappa shape index (κ1) is 23.3. The number of halogens is 1. The molecule has 1 fully saturated rings. The van der Waals surface area contributed by atoms with Crippen molar-refractivity contribution in [3.8, 4) is 0 Å². The second-order valence-electron chi connectivity index (χ2n) is 7.29. The maximum Gasteiger partial charge on any atom is 0.350 e. The first-order chi connectivity index (χ1) is 14.9. The summed E-state index contributed by atoms with van der Waals surface area (Å²) in [4.78, 5) is 31.7. The lowest BCUT2D eigenvalue weighted by atomic mass is 10.2. The van der Waals surface area contributed by atoms with Crippen molar-refractivity contribution in [2.75, 3.05) is 24.7 Å². The number of carbonyl (C=O) groups excluding carboxylic acids is 2. The molecular formula is C22H27FN2O5S. The predicted molar refractivity (Wildman–Crippen MR) is 115 cm³/mol. The van der Waals surface area contributed by atoms with Crippen molar-refractivity contribution in [1.82, 2.24) is 4.98 Å². The number of benzene rings is 1. The Kier molecular flexibility index (Phi) is 8.11. The third-order valence-corrected chi connectivity index (χ3v) is 6.06. The Morgan fingerprint density at radius 2 is 2.10 bits per heavy atom. The fourth-order valence-electron chi connectivity index (χ4n) is 3.21. The fourth-order valence-corrected chi connectivity index (χ4v) is 4.18. The molecule has 0 radical (unpaired) electrons.